The van der Waals surface area contributed by atoms with Crippen molar-refractivity contribution < 1.29 is 0 Å². The van der Waals surface area contributed by atoms with Gasteiger partial charge >= 0.3 is 0 Å². The fourth-order valence-electron chi connectivity index (χ4n) is 4.13. The molecular weight excluding hydrogens is 364 g/mol. The number of piperazine rings is 1. The first-order valence-electron chi connectivity index (χ1n) is 10.1. The molecule has 0 amide bonds. The van der Waals surface area contributed by atoms with Crippen LogP contribution in [0.5, 0.6) is 0 Å². The van der Waals surface area contributed by atoms with Gasteiger partial charge in [-0.3, -0.25) is 0 Å². The van der Waals surface area contributed by atoms with Crippen LogP contribution in [0.3, 0.4) is 0 Å². The summed E-state index contributed by atoms with van der Waals surface area (Å²) in [5.41, 5.74) is 3.12. The number of rotatable bonds is 3. The zero-order valence-corrected chi connectivity index (χ0v) is 16.2. The summed E-state index contributed by atoms with van der Waals surface area (Å²) in [6.07, 6.45) is 9.62. The quantitative estimate of drug-likeness (QED) is 0.681. The fourth-order valence-corrected chi connectivity index (χ4v) is 4.13. The molecule has 4 heterocycles. The van der Waals surface area contributed by atoms with E-state index in [-0.39, 0.29) is 0 Å². The maximum Gasteiger partial charge on any atom is 0.158 e. The smallest absolute Gasteiger partial charge is 0.158 e. The summed E-state index contributed by atoms with van der Waals surface area (Å²) in [6, 6.07) is 8.25. The molecular formula is C21H22N8. The van der Waals surface area contributed by atoms with Crippen LogP contribution in [-0.2, 0) is 12.8 Å². The van der Waals surface area contributed by atoms with E-state index in [1.54, 1.807) is 17.2 Å². The van der Waals surface area contributed by atoms with Crippen molar-refractivity contribution in [2.75, 3.05) is 36.0 Å². The summed E-state index contributed by atoms with van der Waals surface area (Å²) in [7, 11) is 0. The van der Waals surface area contributed by atoms with Gasteiger partial charge in [0.05, 0.1) is 5.56 Å². The average molecular weight is 386 g/mol. The summed E-state index contributed by atoms with van der Waals surface area (Å²) >= 11 is 0. The van der Waals surface area contributed by atoms with Crippen LogP contribution in [-0.4, -0.2) is 50.9 Å². The second-order valence-electron chi connectivity index (χ2n) is 7.44. The second-order valence-corrected chi connectivity index (χ2v) is 7.44. The number of pyridine rings is 1. The van der Waals surface area contributed by atoms with Gasteiger partial charge in [0.15, 0.2) is 5.82 Å². The SMILES string of the molecule is N#Cc1cc2c(nc1N1CCN(c3cc(-n4cccn4)ncn3)CC1)CCCC2. The number of anilines is 2. The molecule has 0 saturated carbocycles. The molecule has 8 heteroatoms. The van der Waals surface area contributed by atoms with E-state index in [2.05, 4.69) is 37.0 Å². The lowest BCUT2D eigenvalue weighted by Crippen LogP contribution is -2.47. The van der Waals surface area contributed by atoms with Gasteiger partial charge in [0.1, 0.15) is 24.0 Å². The molecule has 5 rings (SSSR count). The number of nitriles is 1. The summed E-state index contributed by atoms with van der Waals surface area (Å²) in [4.78, 5) is 18.1. The Morgan fingerprint density at radius 2 is 1.72 bits per heavy atom. The Kier molecular flexibility index (Phi) is 4.56. The molecule has 146 valence electrons. The van der Waals surface area contributed by atoms with Crippen LogP contribution in [0.1, 0.15) is 29.7 Å². The van der Waals surface area contributed by atoms with Gasteiger partial charge in [-0.25, -0.2) is 19.6 Å². The molecule has 1 aliphatic heterocycles. The lowest BCUT2D eigenvalue weighted by molar-refractivity contribution is 0.629. The van der Waals surface area contributed by atoms with E-state index in [9.17, 15) is 5.26 Å². The lowest BCUT2D eigenvalue weighted by Gasteiger charge is -2.36. The number of hydrogen-bond donors (Lipinski definition) is 0. The van der Waals surface area contributed by atoms with Gasteiger partial charge in [0.25, 0.3) is 0 Å². The molecule has 1 aliphatic carbocycles. The van der Waals surface area contributed by atoms with Crippen LogP contribution >= 0.6 is 0 Å². The number of fused-ring (bicyclic) bond motifs is 1. The maximum absolute atomic E-state index is 9.65. The van der Waals surface area contributed by atoms with Crippen molar-refractivity contribution in [1.29, 1.82) is 5.26 Å². The Morgan fingerprint density at radius 3 is 2.52 bits per heavy atom. The first-order chi connectivity index (χ1) is 14.3. The van der Waals surface area contributed by atoms with E-state index in [1.165, 1.54) is 24.1 Å². The fraction of sp³-hybridized carbons (Fsp3) is 0.381. The molecule has 2 aliphatic rings. The van der Waals surface area contributed by atoms with E-state index >= 15 is 0 Å². The minimum Gasteiger partial charge on any atom is -0.353 e. The Morgan fingerprint density at radius 1 is 0.931 bits per heavy atom. The first kappa shape index (κ1) is 17.6. The highest BCUT2D eigenvalue weighted by molar-refractivity contribution is 5.58. The standard InChI is InChI=1S/C21H22N8/c22-14-17-12-16-4-1-2-5-18(16)26-21(17)28-10-8-27(9-11-28)19-13-20(24-15-23-19)29-7-3-6-25-29/h3,6-7,12-13,15H,1-2,4-5,8-11H2. The number of hydrogen-bond acceptors (Lipinski definition) is 7. The Labute approximate surface area is 169 Å². The van der Waals surface area contributed by atoms with Crippen LogP contribution in [0, 0.1) is 11.3 Å². The van der Waals surface area contributed by atoms with Crippen LogP contribution in [0.4, 0.5) is 11.6 Å². The highest BCUT2D eigenvalue weighted by atomic mass is 15.3. The molecule has 0 aromatic carbocycles. The predicted molar refractivity (Wildman–Crippen MR) is 109 cm³/mol. The molecule has 1 saturated heterocycles. The molecule has 0 spiro atoms. The highest BCUT2D eigenvalue weighted by Gasteiger charge is 2.24. The van der Waals surface area contributed by atoms with Gasteiger partial charge in [0.2, 0.25) is 0 Å². The van der Waals surface area contributed by atoms with Crippen molar-refractivity contribution >= 4 is 11.6 Å². The van der Waals surface area contributed by atoms with Crippen molar-refractivity contribution in [1.82, 2.24) is 24.7 Å². The first-order valence-corrected chi connectivity index (χ1v) is 10.1. The summed E-state index contributed by atoms with van der Waals surface area (Å²) < 4.78 is 1.73. The average Bonchev–Trinajstić information content (AvgIpc) is 3.33. The maximum atomic E-state index is 9.65. The van der Waals surface area contributed by atoms with Gasteiger partial charge in [-0.2, -0.15) is 10.4 Å². The summed E-state index contributed by atoms with van der Waals surface area (Å²) in [6.45, 7) is 3.25. The van der Waals surface area contributed by atoms with Crippen molar-refractivity contribution in [3.05, 3.63) is 53.7 Å². The highest BCUT2D eigenvalue weighted by Crippen LogP contribution is 2.27. The van der Waals surface area contributed by atoms with Crippen molar-refractivity contribution in [3.8, 4) is 11.9 Å². The van der Waals surface area contributed by atoms with Gasteiger partial charge in [-0.1, -0.05) is 0 Å². The monoisotopic (exact) mass is 386 g/mol. The summed E-state index contributed by atoms with van der Waals surface area (Å²) in [5.74, 6) is 2.49. The normalized spacial score (nSPS) is 16.4. The van der Waals surface area contributed by atoms with Gasteiger partial charge in [-0.05, 0) is 43.4 Å². The van der Waals surface area contributed by atoms with Crippen LogP contribution in [0.2, 0.25) is 0 Å². The third-order valence-corrected chi connectivity index (χ3v) is 5.68. The van der Waals surface area contributed by atoms with Crippen molar-refractivity contribution in [2.45, 2.75) is 25.7 Å². The third kappa shape index (κ3) is 3.40. The van der Waals surface area contributed by atoms with Crippen LogP contribution in [0.25, 0.3) is 5.82 Å². The van der Waals surface area contributed by atoms with E-state index in [4.69, 9.17) is 4.98 Å². The molecule has 1 fully saturated rings. The molecule has 0 N–H and O–H groups in total. The van der Waals surface area contributed by atoms with Crippen LogP contribution in [0.15, 0.2) is 36.9 Å². The van der Waals surface area contributed by atoms with Gasteiger partial charge < -0.3 is 9.80 Å². The molecule has 3 aromatic heterocycles. The second kappa shape index (κ2) is 7.51. The minimum absolute atomic E-state index is 0.696. The Bertz CT molecular complexity index is 1050. The van der Waals surface area contributed by atoms with E-state index in [1.807, 2.05) is 18.3 Å². The molecule has 3 aromatic rings. The van der Waals surface area contributed by atoms with Gasteiger partial charge in [0, 0.05) is 50.3 Å². The lowest BCUT2D eigenvalue weighted by atomic mass is 9.95. The predicted octanol–water partition coefficient (Wildman–Crippen LogP) is 2.13. The van der Waals surface area contributed by atoms with Gasteiger partial charge in [-0.15, -0.1) is 0 Å². The molecule has 0 bridgehead atoms. The number of nitrogens with zero attached hydrogens (tertiary/aromatic N) is 8. The molecule has 0 radical (unpaired) electrons. The van der Waals surface area contributed by atoms with E-state index in [0.717, 1.165) is 56.5 Å². The topological polar surface area (TPSA) is 86.8 Å². The summed E-state index contributed by atoms with van der Waals surface area (Å²) in [5, 5.41) is 13.9. The molecule has 8 nitrogen and oxygen atoms in total. The Hall–Kier alpha value is -3.47. The Balaban J connectivity index is 1.34. The zero-order valence-electron chi connectivity index (χ0n) is 16.2. The van der Waals surface area contributed by atoms with E-state index < -0.39 is 0 Å². The molecule has 0 atom stereocenters. The van der Waals surface area contributed by atoms with Crippen molar-refractivity contribution in [2.24, 2.45) is 0 Å². The van der Waals surface area contributed by atoms with Crippen molar-refractivity contribution in [3.63, 3.8) is 0 Å². The molecule has 29 heavy (non-hydrogen) atoms. The number of aromatic nitrogens is 5. The third-order valence-electron chi connectivity index (χ3n) is 5.68. The zero-order chi connectivity index (χ0) is 19.6. The number of aryl methyl sites for hydroxylation is 2. The molecule has 0 unspecified atom stereocenters. The minimum atomic E-state index is 0.696. The largest absolute Gasteiger partial charge is 0.353 e. The van der Waals surface area contributed by atoms with Crippen LogP contribution < -0.4 is 9.80 Å². The van der Waals surface area contributed by atoms with E-state index in [0.29, 0.717) is 5.56 Å².